The number of benzene rings is 1. The summed E-state index contributed by atoms with van der Waals surface area (Å²) in [7, 11) is 0. The van der Waals surface area contributed by atoms with Crippen LogP contribution < -0.4 is 5.32 Å². The van der Waals surface area contributed by atoms with Crippen molar-refractivity contribution < 1.29 is 23.1 Å². The molecule has 0 aliphatic heterocycles. The number of alkyl halides is 3. The SMILES string of the molecule is CC(Nc1ccc(Cl)cc1C(F)(F)F)C(=O)O. The molecule has 0 aliphatic rings. The lowest BCUT2D eigenvalue weighted by Gasteiger charge is -2.17. The van der Waals surface area contributed by atoms with E-state index in [9.17, 15) is 18.0 Å². The Morgan fingerprint density at radius 3 is 2.53 bits per heavy atom. The molecule has 0 radical (unpaired) electrons. The largest absolute Gasteiger partial charge is 0.480 e. The molecule has 2 N–H and O–H groups in total. The van der Waals surface area contributed by atoms with Gasteiger partial charge in [0.2, 0.25) is 0 Å². The number of nitrogens with one attached hydrogen (secondary N) is 1. The summed E-state index contributed by atoms with van der Waals surface area (Å²) in [5.74, 6) is -1.24. The molecule has 17 heavy (non-hydrogen) atoms. The Labute approximate surface area is 100 Å². The average molecular weight is 268 g/mol. The lowest BCUT2D eigenvalue weighted by molar-refractivity contribution is -0.139. The van der Waals surface area contributed by atoms with E-state index in [4.69, 9.17) is 16.7 Å². The summed E-state index contributed by atoms with van der Waals surface area (Å²) in [5.41, 5.74) is -1.30. The van der Waals surface area contributed by atoms with Crippen LogP contribution in [0.3, 0.4) is 0 Å². The minimum absolute atomic E-state index is 0.0640. The van der Waals surface area contributed by atoms with Crippen LogP contribution in [0.2, 0.25) is 5.02 Å². The zero-order valence-electron chi connectivity index (χ0n) is 8.68. The predicted octanol–water partition coefficient (Wildman–Crippen LogP) is 3.24. The van der Waals surface area contributed by atoms with E-state index in [1.807, 2.05) is 0 Å². The number of aliphatic carboxylic acids is 1. The van der Waals surface area contributed by atoms with Gasteiger partial charge in [0, 0.05) is 10.7 Å². The Balaban J connectivity index is 3.11. The number of rotatable bonds is 3. The molecule has 7 heteroatoms. The zero-order chi connectivity index (χ0) is 13.2. The highest BCUT2D eigenvalue weighted by Crippen LogP contribution is 2.36. The molecule has 0 bridgehead atoms. The van der Waals surface area contributed by atoms with Crippen molar-refractivity contribution in [1.29, 1.82) is 0 Å². The Bertz CT molecular complexity index is 434. The summed E-state index contributed by atoms with van der Waals surface area (Å²) < 4.78 is 37.9. The minimum atomic E-state index is -4.59. The number of carboxylic acids is 1. The van der Waals surface area contributed by atoms with Crippen molar-refractivity contribution in [2.45, 2.75) is 19.1 Å². The van der Waals surface area contributed by atoms with E-state index in [0.717, 1.165) is 12.1 Å². The quantitative estimate of drug-likeness (QED) is 0.884. The number of hydrogen-bond donors (Lipinski definition) is 2. The van der Waals surface area contributed by atoms with Crippen LogP contribution in [0.25, 0.3) is 0 Å². The van der Waals surface area contributed by atoms with Gasteiger partial charge in [0.1, 0.15) is 6.04 Å². The smallest absolute Gasteiger partial charge is 0.418 e. The number of halogens is 4. The highest BCUT2D eigenvalue weighted by Gasteiger charge is 2.34. The van der Waals surface area contributed by atoms with E-state index in [1.165, 1.54) is 13.0 Å². The van der Waals surface area contributed by atoms with Crippen LogP contribution in [0, 0.1) is 0 Å². The van der Waals surface area contributed by atoms with Crippen LogP contribution in [0.15, 0.2) is 18.2 Å². The van der Waals surface area contributed by atoms with Crippen molar-refractivity contribution in [3.05, 3.63) is 28.8 Å². The van der Waals surface area contributed by atoms with Gasteiger partial charge >= 0.3 is 12.1 Å². The normalized spacial score (nSPS) is 13.2. The van der Waals surface area contributed by atoms with Crippen molar-refractivity contribution in [3.8, 4) is 0 Å². The molecular weight excluding hydrogens is 259 g/mol. The maximum Gasteiger partial charge on any atom is 0.418 e. The second-order valence-electron chi connectivity index (χ2n) is 3.39. The van der Waals surface area contributed by atoms with E-state index in [0.29, 0.717) is 0 Å². The first kappa shape index (κ1) is 13.6. The summed E-state index contributed by atoms with van der Waals surface area (Å²) >= 11 is 5.48. The van der Waals surface area contributed by atoms with Gasteiger partial charge in [-0.15, -0.1) is 0 Å². The van der Waals surface area contributed by atoms with Gasteiger partial charge in [-0.2, -0.15) is 13.2 Å². The Morgan fingerprint density at radius 2 is 2.06 bits per heavy atom. The summed E-state index contributed by atoms with van der Waals surface area (Å²) in [6, 6.07) is 1.98. The lowest BCUT2D eigenvalue weighted by atomic mass is 10.1. The van der Waals surface area contributed by atoms with Gasteiger partial charge in [0.05, 0.1) is 5.56 Å². The van der Waals surface area contributed by atoms with Gasteiger partial charge < -0.3 is 10.4 Å². The van der Waals surface area contributed by atoms with Crippen LogP contribution in [0.5, 0.6) is 0 Å². The van der Waals surface area contributed by atoms with E-state index in [-0.39, 0.29) is 10.7 Å². The Hall–Kier alpha value is -1.43. The molecule has 0 spiro atoms. The molecular formula is C10H9ClF3NO2. The lowest BCUT2D eigenvalue weighted by Crippen LogP contribution is -2.26. The average Bonchev–Trinajstić information content (AvgIpc) is 2.18. The third kappa shape index (κ3) is 3.52. The maximum atomic E-state index is 12.6. The molecule has 0 fully saturated rings. The first-order valence-electron chi connectivity index (χ1n) is 4.58. The Morgan fingerprint density at radius 1 is 1.47 bits per heavy atom. The number of carboxylic acid groups (broad SMARTS) is 1. The molecule has 0 amide bonds. The highest BCUT2D eigenvalue weighted by atomic mass is 35.5. The third-order valence-corrected chi connectivity index (χ3v) is 2.26. The van der Waals surface area contributed by atoms with E-state index < -0.39 is 23.8 Å². The van der Waals surface area contributed by atoms with Crippen LogP contribution in [0.4, 0.5) is 18.9 Å². The first-order chi connectivity index (χ1) is 7.71. The second kappa shape index (κ2) is 4.83. The van der Waals surface area contributed by atoms with Gasteiger partial charge in [-0.05, 0) is 25.1 Å². The van der Waals surface area contributed by atoms with E-state index in [1.54, 1.807) is 0 Å². The molecule has 0 saturated heterocycles. The molecule has 0 saturated carbocycles. The van der Waals surface area contributed by atoms with Crippen molar-refractivity contribution in [2.75, 3.05) is 5.32 Å². The highest BCUT2D eigenvalue weighted by molar-refractivity contribution is 6.30. The van der Waals surface area contributed by atoms with Crippen LogP contribution in [-0.2, 0) is 11.0 Å². The van der Waals surface area contributed by atoms with E-state index >= 15 is 0 Å². The molecule has 1 unspecified atom stereocenters. The Kier molecular flexibility index (Phi) is 3.87. The number of anilines is 1. The molecule has 94 valence electrons. The molecule has 0 aromatic heterocycles. The number of carbonyl (C=O) groups is 1. The monoisotopic (exact) mass is 267 g/mol. The molecule has 3 nitrogen and oxygen atoms in total. The van der Waals surface area contributed by atoms with Gasteiger partial charge in [-0.3, -0.25) is 4.79 Å². The van der Waals surface area contributed by atoms with E-state index in [2.05, 4.69) is 5.32 Å². The summed E-state index contributed by atoms with van der Waals surface area (Å²) in [6.07, 6.45) is -4.59. The molecule has 1 aromatic carbocycles. The molecule has 1 atom stereocenters. The van der Waals surface area contributed by atoms with Crippen molar-refractivity contribution >= 4 is 23.3 Å². The molecule has 0 aliphatic carbocycles. The summed E-state index contributed by atoms with van der Waals surface area (Å²) in [6.45, 7) is 1.25. The zero-order valence-corrected chi connectivity index (χ0v) is 9.43. The van der Waals surface area contributed by atoms with Crippen LogP contribution in [0.1, 0.15) is 12.5 Å². The minimum Gasteiger partial charge on any atom is -0.480 e. The van der Waals surface area contributed by atoms with Crippen molar-refractivity contribution in [2.24, 2.45) is 0 Å². The number of hydrogen-bond acceptors (Lipinski definition) is 2. The van der Waals surface area contributed by atoms with Crippen LogP contribution >= 0.6 is 11.6 Å². The van der Waals surface area contributed by atoms with Crippen molar-refractivity contribution in [1.82, 2.24) is 0 Å². The molecule has 1 aromatic rings. The summed E-state index contributed by atoms with van der Waals surface area (Å²) in [5, 5.41) is 10.8. The summed E-state index contributed by atoms with van der Waals surface area (Å²) in [4.78, 5) is 10.6. The van der Waals surface area contributed by atoms with Crippen LogP contribution in [-0.4, -0.2) is 17.1 Å². The molecule has 0 heterocycles. The third-order valence-electron chi connectivity index (χ3n) is 2.03. The van der Waals surface area contributed by atoms with Gasteiger partial charge in [0.25, 0.3) is 0 Å². The predicted molar refractivity (Wildman–Crippen MR) is 57.2 cm³/mol. The van der Waals surface area contributed by atoms with Gasteiger partial charge in [-0.25, -0.2) is 0 Å². The fourth-order valence-corrected chi connectivity index (χ4v) is 1.34. The topological polar surface area (TPSA) is 49.3 Å². The van der Waals surface area contributed by atoms with Gasteiger partial charge in [-0.1, -0.05) is 11.6 Å². The molecule has 1 rings (SSSR count). The fourth-order valence-electron chi connectivity index (χ4n) is 1.17. The maximum absolute atomic E-state index is 12.6. The first-order valence-corrected chi connectivity index (χ1v) is 4.95. The second-order valence-corrected chi connectivity index (χ2v) is 3.83. The van der Waals surface area contributed by atoms with Gasteiger partial charge in [0.15, 0.2) is 0 Å². The fraction of sp³-hybridized carbons (Fsp3) is 0.300. The standard InChI is InChI=1S/C10H9ClF3NO2/c1-5(9(16)17)15-8-3-2-6(11)4-7(8)10(12,13)14/h2-5,15H,1H3,(H,16,17). The van der Waals surface area contributed by atoms with Crippen molar-refractivity contribution in [3.63, 3.8) is 0 Å².